The van der Waals surface area contributed by atoms with E-state index in [0.29, 0.717) is 5.92 Å². The van der Waals surface area contributed by atoms with Gasteiger partial charge in [-0.25, -0.2) is 0 Å². The maximum absolute atomic E-state index is 11.3. The Morgan fingerprint density at radius 2 is 2.44 bits per heavy atom. The summed E-state index contributed by atoms with van der Waals surface area (Å²) in [6, 6.07) is 3.65. The zero-order valence-electron chi connectivity index (χ0n) is 9.36. The number of likely N-dealkylation sites (N-methyl/N-ethyl adjacent to an activating group) is 1. The van der Waals surface area contributed by atoms with Gasteiger partial charge in [0.2, 0.25) is 0 Å². The van der Waals surface area contributed by atoms with Crippen molar-refractivity contribution >= 4 is 0 Å². The lowest BCUT2D eigenvalue weighted by Gasteiger charge is -2.29. The highest BCUT2D eigenvalue weighted by atomic mass is 16.1. The number of hydrogen-bond donors (Lipinski definition) is 1. The summed E-state index contributed by atoms with van der Waals surface area (Å²) < 4.78 is 0. The topological polar surface area (TPSA) is 59.9 Å². The van der Waals surface area contributed by atoms with Gasteiger partial charge >= 0.3 is 0 Å². The van der Waals surface area contributed by atoms with Crippen LogP contribution in [0.25, 0.3) is 0 Å². The van der Waals surface area contributed by atoms with Crippen LogP contribution in [-0.4, -0.2) is 30.0 Å². The van der Waals surface area contributed by atoms with Crippen molar-refractivity contribution in [2.75, 3.05) is 20.1 Å². The molecule has 1 unspecified atom stereocenters. The van der Waals surface area contributed by atoms with Gasteiger partial charge < -0.3 is 9.88 Å². The highest BCUT2D eigenvalue weighted by molar-refractivity contribution is 5.31. The second-order valence-electron chi connectivity index (χ2n) is 4.39. The molecule has 0 spiro atoms. The predicted octanol–water partition coefficient (Wildman–Crippen LogP) is 1.06. The molecule has 4 nitrogen and oxygen atoms in total. The van der Waals surface area contributed by atoms with E-state index >= 15 is 0 Å². The first-order valence-electron chi connectivity index (χ1n) is 5.52. The summed E-state index contributed by atoms with van der Waals surface area (Å²) in [4.78, 5) is 16.2. The monoisotopic (exact) mass is 217 g/mol. The quantitative estimate of drug-likeness (QED) is 0.765. The van der Waals surface area contributed by atoms with Gasteiger partial charge in [-0.3, -0.25) is 4.79 Å². The van der Waals surface area contributed by atoms with Crippen LogP contribution in [0.5, 0.6) is 0 Å². The van der Waals surface area contributed by atoms with Crippen LogP contribution in [-0.2, 0) is 0 Å². The molecule has 2 rings (SSSR count). The van der Waals surface area contributed by atoms with Crippen LogP contribution < -0.4 is 5.56 Å². The van der Waals surface area contributed by atoms with E-state index in [1.54, 1.807) is 12.3 Å². The van der Waals surface area contributed by atoms with Gasteiger partial charge in [-0.1, -0.05) is 0 Å². The lowest BCUT2D eigenvalue weighted by atomic mass is 9.91. The van der Waals surface area contributed by atoms with Crippen molar-refractivity contribution in [1.82, 2.24) is 9.88 Å². The first-order valence-corrected chi connectivity index (χ1v) is 5.52. The number of nitrogens with one attached hydrogen (secondary N) is 1. The van der Waals surface area contributed by atoms with E-state index in [4.69, 9.17) is 5.26 Å². The molecule has 1 saturated heterocycles. The Bertz CT molecular complexity index is 472. The number of H-pyrrole nitrogens is 1. The molecule has 1 N–H and O–H groups in total. The fourth-order valence-corrected chi connectivity index (χ4v) is 2.26. The second kappa shape index (κ2) is 4.50. The van der Waals surface area contributed by atoms with Crippen LogP contribution in [0.4, 0.5) is 0 Å². The van der Waals surface area contributed by atoms with E-state index in [1.165, 1.54) is 6.42 Å². The first-order chi connectivity index (χ1) is 7.70. The number of aromatic amines is 1. The second-order valence-corrected chi connectivity index (χ2v) is 4.39. The Kier molecular flexibility index (Phi) is 3.07. The number of likely N-dealkylation sites (tertiary alicyclic amines) is 1. The van der Waals surface area contributed by atoms with Gasteiger partial charge in [-0.05, 0) is 44.0 Å². The lowest BCUT2D eigenvalue weighted by Crippen LogP contribution is -2.31. The molecule has 1 aromatic rings. The van der Waals surface area contributed by atoms with Crippen LogP contribution in [0.3, 0.4) is 0 Å². The van der Waals surface area contributed by atoms with Gasteiger partial charge in [-0.2, -0.15) is 5.26 Å². The van der Waals surface area contributed by atoms with E-state index in [9.17, 15) is 4.79 Å². The fraction of sp³-hybridized carbons (Fsp3) is 0.500. The van der Waals surface area contributed by atoms with Crippen molar-refractivity contribution in [3.05, 3.63) is 33.7 Å². The van der Waals surface area contributed by atoms with Crippen molar-refractivity contribution in [3.8, 4) is 6.07 Å². The molecule has 1 aliphatic rings. The molecule has 84 valence electrons. The summed E-state index contributed by atoms with van der Waals surface area (Å²) in [5, 5.41) is 8.81. The number of aromatic nitrogens is 1. The Morgan fingerprint density at radius 3 is 3.12 bits per heavy atom. The Labute approximate surface area is 94.5 Å². The third-order valence-corrected chi connectivity index (χ3v) is 3.14. The van der Waals surface area contributed by atoms with Crippen molar-refractivity contribution < 1.29 is 0 Å². The van der Waals surface area contributed by atoms with E-state index in [2.05, 4.69) is 16.9 Å². The predicted molar refractivity (Wildman–Crippen MR) is 61.2 cm³/mol. The normalized spacial score (nSPS) is 21.6. The van der Waals surface area contributed by atoms with E-state index in [-0.39, 0.29) is 11.1 Å². The molecule has 2 heterocycles. The van der Waals surface area contributed by atoms with Crippen molar-refractivity contribution in [1.29, 1.82) is 5.26 Å². The summed E-state index contributed by atoms with van der Waals surface area (Å²) >= 11 is 0. The fourth-order valence-electron chi connectivity index (χ4n) is 2.26. The number of nitrogens with zero attached hydrogens (tertiary/aromatic N) is 2. The number of rotatable bonds is 1. The van der Waals surface area contributed by atoms with E-state index in [1.807, 2.05) is 6.07 Å². The minimum Gasteiger partial charge on any atom is -0.328 e. The summed E-state index contributed by atoms with van der Waals surface area (Å²) in [5.41, 5.74) is 0.990. The van der Waals surface area contributed by atoms with Gasteiger partial charge in [0.15, 0.2) is 0 Å². The van der Waals surface area contributed by atoms with Gasteiger partial charge in [0.1, 0.15) is 11.6 Å². The standard InChI is InChI=1S/C12H15N3O/c1-15-4-2-3-9(8-15)11-5-10(6-13)12(16)14-7-11/h5,7,9H,2-4,8H2,1H3,(H,14,16). The Balaban J connectivity index is 2.27. The minimum absolute atomic E-state index is 0.214. The van der Waals surface area contributed by atoms with E-state index in [0.717, 1.165) is 25.1 Å². The zero-order chi connectivity index (χ0) is 11.5. The molecule has 0 aliphatic carbocycles. The van der Waals surface area contributed by atoms with Crippen LogP contribution in [0.1, 0.15) is 29.9 Å². The summed E-state index contributed by atoms with van der Waals surface area (Å²) in [6.07, 6.45) is 4.04. The summed E-state index contributed by atoms with van der Waals surface area (Å²) in [5.74, 6) is 0.433. The van der Waals surface area contributed by atoms with Gasteiger partial charge in [0, 0.05) is 12.7 Å². The van der Waals surface area contributed by atoms with Gasteiger partial charge in [0.25, 0.3) is 5.56 Å². The highest BCUT2D eigenvalue weighted by Crippen LogP contribution is 2.25. The van der Waals surface area contributed by atoms with Crippen LogP contribution in [0, 0.1) is 11.3 Å². The van der Waals surface area contributed by atoms with Crippen LogP contribution >= 0.6 is 0 Å². The van der Waals surface area contributed by atoms with Crippen molar-refractivity contribution in [3.63, 3.8) is 0 Å². The molecule has 0 saturated carbocycles. The average molecular weight is 217 g/mol. The smallest absolute Gasteiger partial charge is 0.265 e. The number of hydrogen-bond acceptors (Lipinski definition) is 3. The highest BCUT2D eigenvalue weighted by Gasteiger charge is 2.19. The molecular formula is C12H15N3O. The van der Waals surface area contributed by atoms with Crippen LogP contribution in [0.2, 0.25) is 0 Å². The molecule has 1 atom stereocenters. The van der Waals surface area contributed by atoms with Crippen molar-refractivity contribution in [2.45, 2.75) is 18.8 Å². The average Bonchev–Trinajstić information content (AvgIpc) is 2.29. The molecule has 1 fully saturated rings. The first kappa shape index (κ1) is 10.9. The molecular weight excluding hydrogens is 202 g/mol. The minimum atomic E-state index is -0.296. The number of nitriles is 1. The summed E-state index contributed by atoms with van der Waals surface area (Å²) in [7, 11) is 2.10. The third-order valence-electron chi connectivity index (χ3n) is 3.14. The Hall–Kier alpha value is -1.60. The number of pyridine rings is 1. The zero-order valence-corrected chi connectivity index (χ0v) is 9.36. The Morgan fingerprint density at radius 1 is 1.62 bits per heavy atom. The molecule has 0 radical (unpaired) electrons. The molecule has 16 heavy (non-hydrogen) atoms. The summed E-state index contributed by atoms with van der Waals surface area (Å²) in [6.45, 7) is 2.13. The third kappa shape index (κ3) is 2.15. The number of piperidine rings is 1. The maximum atomic E-state index is 11.3. The molecule has 0 bridgehead atoms. The van der Waals surface area contributed by atoms with Gasteiger partial charge in [0.05, 0.1) is 0 Å². The molecule has 4 heteroatoms. The lowest BCUT2D eigenvalue weighted by molar-refractivity contribution is 0.250. The molecule has 0 aromatic carbocycles. The van der Waals surface area contributed by atoms with Gasteiger partial charge in [-0.15, -0.1) is 0 Å². The van der Waals surface area contributed by atoms with Crippen molar-refractivity contribution in [2.24, 2.45) is 0 Å². The SMILES string of the molecule is CN1CCCC(c2c[nH]c(=O)c(C#N)c2)C1. The maximum Gasteiger partial charge on any atom is 0.265 e. The largest absolute Gasteiger partial charge is 0.328 e. The molecule has 0 amide bonds. The van der Waals surface area contributed by atoms with E-state index < -0.39 is 0 Å². The molecule has 1 aromatic heterocycles. The van der Waals surface area contributed by atoms with Crippen LogP contribution in [0.15, 0.2) is 17.1 Å². The molecule has 1 aliphatic heterocycles.